The van der Waals surface area contributed by atoms with E-state index < -0.39 is 0 Å². The highest BCUT2D eigenvalue weighted by Gasteiger charge is 2.06. The summed E-state index contributed by atoms with van der Waals surface area (Å²) in [6.45, 7) is 1.17. The summed E-state index contributed by atoms with van der Waals surface area (Å²) in [6, 6.07) is 8.78. The molecule has 2 rings (SSSR count). The van der Waals surface area contributed by atoms with Crippen molar-refractivity contribution in [1.29, 1.82) is 0 Å². The maximum absolute atomic E-state index is 12.0. The summed E-state index contributed by atoms with van der Waals surface area (Å²) >= 11 is 11.8. The van der Waals surface area contributed by atoms with Gasteiger partial charge in [0.25, 0.3) is 0 Å². The van der Waals surface area contributed by atoms with E-state index in [1.807, 2.05) is 6.07 Å². The SMILES string of the molecule is COCCOc1ncccc1CNC(=O)/C=C/c1ccc(Cl)c(Cl)c1. The predicted molar refractivity (Wildman–Crippen MR) is 99.0 cm³/mol. The van der Waals surface area contributed by atoms with Crippen molar-refractivity contribution in [2.24, 2.45) is 0 Å². The lowest BCUT2D eigenvalue weighted by atomic mass is 10.2. The first-order valence-electron chi connectivity index (χ1n) is 7.56. The average Bonchev–Trinajstić information content (AvgIpc) is 2.62. The second kappa shape index (κ2) is 10.0. The normalized spacial score (nSPS) is 10.8. The third-order valence-electron chi connectivity index (χ3n) is 3.20. The molecule has 0 spiro atoms. The molecule has 7 heteroatoms. The van der Waals surface area contributed by atoms with Crippen LogP contribution >= 0.6 is 23.2 Å². The van der Waals surface area contributed by atoms with E-state index in [2.05, 4.69) is 10.3 Å². The maximum Gasteiger partial charge on any atom is 0.244 e. The summed E-state index contributed by atoms with van der Waals surface area (Å²) in [7, 11) is 1.60. The van der Waals surface area contributed by atoms with Gasteiger partial charge in [-0.25, -0.2) is 4.98 Å². The first kappa shape index (κ1) is 19.2. The second-order valence-corrected chi connectivity index (χ2v) is 5.85. The molecule has 25 heavy (non-hydrogen) atoms. The van der Waals surface area contributed by atoms with Crippen molar-refractivity contribution in [2.75, 3.05) is 20.3 Å². The van der Waals surface area contributed by atoms with E-state index in [1.165, 1.54) is 6.08 Å². The Kier molecular flexibility index (Phi) is 7.73. The van der Waals surface area contributed by atoms with E-state index in [1.54, 1.807) is 43.6 Å². The Morgan fingerprint density at radius 1 is 1.24 bits per heavy atom. The largest absolute Gasteiger partial charge is 0.475 e. The molecular weight excluding hydrogens is 363 g/mol. The average molecular weight is 381 g/mol. The topological polar surface area (TPSA) is 60.5 Å². The molecule has 0 fully saturated rings. The van der Waals surface area contributed by atoms with Crippen LogP contribution in [-0.2, 0) is 16.1 Å². The smallest absolute Gasteiger partial charge is 0.244 e. The van der Waals surface area contributed by atoms with Crippen molar-refractivity contribution in [1.82, 2.24) is 10.3 Å². The molecule has 0 aliphatic heterocycles. The quantitative estimate of drug-likeness (QED) is 0.559. The van der Waals surface area contributed by atoms with Gasteiger partial charge in [0.2, 0.25) is 11.8 Å². The number of hydrogen-bond acceptors (Lipinski definition) is 4. The number of halogens is 2. The zero-order chi connectivity index (χ0) is 18.1. The minimum absolute atomic E-state index is 0.238. The Balaban J connectivity index is 1.91. The Hall–Kier alpha value is -2.08. The molecule has 1 aromatic carbocycles. The molecule has 0 saturated heterocycles. The summed E-state index contributed by atoms with van der Waals surface area (Å²) in [6.07, 6.45) is 4.73. The lowest BCUT2D eigenvalue weighted by Gasteiger charge is -2.10. The molecule has 0 saturated carbocycles. The monoisotopic (exact) mass is 380 g/mol. The molecule has 5 nitrogen and oxygen atoms in total. The van der Waals surface area contributed by atoms with Crippen LogP contribution in [-0.4, -0.2) is 31.2 Å². The van der Waals surface area contributed by atoms with Crippen molar-refractivity contribution < 1.29 is 14.3 Å². The fraction of sp³-hybridized carbons (Fsp3) is 0.222. The van der Waals surface area contributed by atoms with Crippen LogP contribution < -0.4 is 10.1 Å². The number of pyridine rings is 1. The summed E-state index contributed by atoms with van der Waals surface area (Å²) < 4.78 is 10.5. The van der Waals surface area contributed by atoms with E-state index in [4.69, 9.17) is 32.7 Å². The number of amides is 1. The molecule has 0 unspecified atom stereocenters. The molecule has 132 valence electrons. The van der Waals surface area contributed by atoms with Crippen LogP contribution in [0.3, 0.4) is 0 Å². The number of methoxy groups -OCH3 is 1. The van der Waals surface area contributed by atoms with Crippen LogP contribution in [0.5, 0.6) is 5.88 Å². The number of carbonyl (C=O) groups excluding carboxylic acids is 1. The highest BCUT2D eigenvalue weighted by molar-refractivity contribution is 6.42. The molecule has 1 N–H and O–H groups in total. The summed E-state index contributed by atoms with van der Waals surface area (Å²) in [5.74, 6) is 0.242. The standard InChI is InChI=1S/C18H18Cl2N2O3/c1-24-9-10-25-18-14(3-2-8-21-18)12-22-17(23)7-5-13-4-6-15(19)16(20)11-13/h2-8,11H,9-10,12H2,1H3,(H,22,23)/b7-5+. The van der Waals surface area contributed by atoms with Gasteiger partial charge in [0.1, 0.15) is 6.61 Å². The number of carbonyl (C=O) groups is 1. The maximum atomic E-state index is 12.0. The summed E-state index contributed by atoms with van der Waals surface area (Å²) in [5.41, 5.74) is 1.57. The van der Waals surface area contributed by atoms with Crippen molar-refractivity contribution in [3.8, 4) is 5.88 Å². The van der Waals surface area contributed by atoms with Gasteiger partial charge >= 0.3 is 0 Å². The molecule has 1 aromatic heterocycles. The highest BCUT2D eigenvalue weighted by atomic mass is 35.5. The molecular formula is C18H18Cl2N2O3. The van der Waals surface area contributed by atoms with Crippen molar-refractivity contribution >= 4 is 35.2 Å². The van der Waals surface area contributed by atoms with Gasteiger partial charge in [-0.15, -0.1) is 0 Å². The minimum Gasteiger partial charge on any atom is -0.475 e. The van der Waals surface area contributed by atoms with Gasteiger partial charge in [-0.05, 0) is 29.8 Å². The zero-order valence-corrected chi connectivity index (χ0v) is 15.2. The molecule has 1 amide bonds. The van der Waals surface area contributed by atoms with Gasteiger partial charge in [0, 0.05) is 31.5 Å². The van der Waals surface area contributed by atoms with Gasteiger partial charge in [-0.2, -0.15) is 0 Å². The Labute approximate surface area is 156 Å². The predicted octanol–water partition coefficient (Wildman–Crippen LogP) is 3.74. The van der Waals surface area contributed by atoms with Crippen LogP contribution in [0.1, 0.15) is 11.1 Å². The fourth-order valence-corrected chi connectivity index (χ4v) is 2.25. The van der Waals surface area contributed by atoms with Crippen molar-refractivity contribution in [2.45, 2.75) is 6.54 Å². The van der Waals surface area contributed by atoms with Gasteiger partial charge < -0.3 is 14.8 Å². The number of hydrogen-bond donors (Lipinski definition) is 1. The van der Waals surface area contributed by atoms with E-state index in [0.717, 1.165) is 11.1 Å². The van der Waals surface area contributed by atoms with Crippen molar-refractivity contribution in [3.63, 3.8) is 0 Å². The number of benzene rings is 1. The lowest BCUT2D eigenvalue weighted by Crippen LogP contribution is -2.21. The van der Waals surface area contributed by atoms with Crippen LogP contribution in [0.2, 0.25) is 10.0 Å². The van der Waals surface area contributed by atoms with Gasteiger partial charge in [-0.3, -0.25) is 4.79 Å². The molecule has 0 aliphatic rings. The third kappa shape index (κ3) is 6.38. The molecule has 1 heterocycles. The lowest BCUT2D eigenvalue weighted by molar-refractivity contribution is -0.116. The van der Waals surface area contributed by atoms with Gasteiger partial charge in [-0.1, -0.05) is 35.3 Å². The Morgan fingerprint density at radius 3 is 2.84 bits per heavy atom. The minimum atomic E-state index is -0.238. The number of rotatable bonds is 8. The Morgan fingerprint density at radius 2 is 2.08 bits per heavy atom. The van der Waals surface area contributed by atoms with Crippen LogP contribution in [0.15, 0.2) is 42.6 Å². The van der Waals surface area contributed by atoms with Gasteiger partial charge in [0.15, 0.2) is 0 Å². The van der Waals surface area contributed by atoms with E-state index in [9.17, 15) is 4.79 Å². The van der Waals surface area contributed by atoms with E-state index in [-0.39, 0.29) is 5.91 Å². The van der Waals surface area contributed by atoms with Crippen LogP contribution in [0.25, 0.3) is 6.08 Å². The number of nitrogens with one attached hydrogen (secondary N) is 1. The third-order valence-corrected chi connectivity index (χ3v) is 3.94. The summed E-state index contributed by atoms with van der Waals surface area (Å²) in [5, 5.41) is 3.71. The van der Waals surface area contributed by atoms with Crippen LogP contribution in [0.4, 0.5) is 0 Å². The first-order chi connectivity index (χ1) is 12.1. The molecule has 0 atom stereocenters. The number of ether oxygens (including phenoxy) is 2. The van der Waals surface area contributed by atoms with E-state index >= 15 is 0 Å². The fourth-order valence-electron chi connectivity index (χ4n) is 1.94. The molecule has 2 aromatic rings. The molecule has 0 bridgehead atoms. The van der Waals surface area contributed by atoms with Crippen molar-refractivity contribution in [3.05, 3.63) is 63.8 Å². The highest BCUT2D eigenvalue weighted by Crippen LogP contribution is 2.23. The van der Waals surface area contributed by atoms with Gasteiger partial charge in [0.05, 0.1) is 16.7 Å². The summed E-state index contributed by atoms with van der Waals surface area (Å²) in [4.78, 5) is 16.1. The number of aromatic nitrogens is 1. The first-order valence-corrected chi connectivity index (χ1v) is 8.32. The van der Waals surface area contributed by atoms with E-state index in [0.29, 0.717) is 35.7 Å². The second-order valence-electron chi connectivity index (χ2n) is 5.03. The number of nitrogens with zero attached hydrogens (tertiary/aromatic N) is 1. The van der Waals surface area contributed by atoms with Crippen LogP contribution in [0, 0.1) is 0 Å². The Bertz CT molecular complexity index is 751. The molecule has 0 aliphatic carbocycles. The molecule has 0 radical (unpaired) electrons. The zero-order valence-electron chi connectivity index (χ0n) is 13.7.